The molecular formula is C25H29N3O2. The molecule has 5 nitrogen and oxygen atoms in total. The molecule has 4 rings (SSSR count). The zero-order chi connectivity index (χ0) is 20.9. The number of carbonyl (C=O) groups excluding carboxylic acids is 1. The van der Waals surface area contributed by atoms with Gasteiger partial charge >= 0.3 is 6.03 Å². The van der Waals surface area contributed by atoms with Crippen LogP contribution in [0.15, 0.2) is 66.9 Å². The van der Waals surface area contributed by atoms with E-state index in [-0.39, 0.29) is 12.1 Å². The number of ether oxygens (including phenoxy) is 1. The third-order valence-corrected chi connectivity index (χ3v) is 5.65. The van der Waals surface area contributed by atoms with Crippen molar-refractivity contribution >= 4 is 6.03 Å². The summed E-state index contributed by atoms with van der Waals surface area (Å²) in [5.41, 5.74) is 5.68. The first-order valence-electron chi connectivity index (χ1n) is 10.6. The highest BCUT2D eigenvalue weighted by molar-refractivity contribution is 5.76. The van der Waals surface area contributed by atoms with Crippen LogP contribution in [0.4, 0.5) is 4.79 Å². The number of fused-ring (bicyclic) bond motifs is 3. The Morgan fingerprint density at radius 3 is 2.73 bits per heavy atom. The van der Waals surface area contributed by atoms with Gasteiger partial charge < -0.3 is 19.5 Å². The molecule has 0 saturated carbocycles. The lowest BCUT2D eigenvalue weighted by molar-refractivity contribution is 0.143. The summed E-state index contributed by atoms with van der Waals surface area (Å²) < 4.78 is 7.62. The molecule has 0 fully saturated rings. The van der Waals surface area contributed by atoms with E-state index in [1.54, 1.807) is 0 Å². The Morgan fingerprint density at radius 2 is 1.90 bits per heavy atom. The maximum Gasteiger partial charge on any atom is 0.318 e. The van der Waals surface area contributed by atoms with Crippen LogP contribution in [0, 0.1) is 6.92 Å². The van der Waals surface area contributed by atoms with Crippen LogP contribution in [0.1, 0.15) is 41.8 Å². The highest BCUT2D eigenvalue weighted by Crippen LogP contribution is 2.37. The summed E-state index contributed by atoms with van der Waals surface area (Å²) in [5.74, 6) is 0. The molecule has 1 aromatic heterocycles. The van der Waals surface area contributed by atoms with Gasteiger partial charge in [0.15, 0.2) is 0 Å². The Kier molecular flexibility index (Phi) is 6.19. The summed E-state index contributed by atoms with van der Waals surface area (Å²) in [5, 5.41) is 3.11. The summed E-state index contributed by atoms with van der Waals surface area (Å²) >= 11 is 0. The monoisotopic (exact) mass is 403 g/mol. The van der Waals surface area contributed by atoms with E-state index in [1.807, 2.05) is 30.0 Å². The zero-order valence-electron chi connectivity index (χ0n) is 17.7. The SMILES string of the molecule is CCOCCCNC(=O)N1Cc2ccccc2-n2cccc2C1c1ccccc1C. The van der Waals surface area contributed by atoms with Crippen LogP contribution in [-0.2, 0) is 11.3 Å². The van der Waals surface area contributed by atoms with Crippen LogP contribution in [-0.4, -0.2) is 35.3 Å². The summed E-state index contributed by atoms with van der Waals surface area (Å²) in [7, 11) is 0. The van der Waals surface area contributed by atoms with E-state index >= 15 is 0 Å². The molecule has 1 aliphatic heterocycles. The number of urea groups is 1. The van der Waals surface area contributed by atoms with E-state index in [9.17, 15) is 4.79 Å². The normalized spacial score (nSPS) is 15.3. The number of para-hydroxylation sites is 1. The predicted molar refractivity (Wildman–Crippen MR) is 119 cm³/mol. The molecule has 5 heteroatoms. The molecule has 0 spiro atoms. The van der Waals surface area contributed by atoms with Gasteiger partial charge in [-0.3, -0.25) is 0 Å². The third-order valence-electron chi connectivity index (χ3n) is 5.65. The first-order valence-corrected chi connectivity index (χ1v) is 10.6. The van der Waals surface area contributed by atoms with Crippen molar-refractivity contribution in [1.82, 2.24) is 14.8 Å². The minimum absolute atomic E-state index is 0.0517. The highest BCUT2D eigenvalue weighted by atomic mass is 16.5. The van der Waals surface area contributed by atoms with Gasteiger partial charge in [0.25, 0.3) is 0 Å². The molecule has 156 valence electrons. The summed E-state index contributed by atoms with van der Waals surface area (Å²) in [6.07, 6.45) is 2.89. The third kappa shape index (κ3) is 3.98. The van der Waals surface area contributed by atoms with Crippen LogP contribution in [0.25, 0.3) is 5.69 Å². The number of rotatable bonds is 6. The van der Waals surface area contributed by atoms with E-state index in [0.29, 0.717) is 26.3 Å². The van der Waals surface area contributed by atoms with Crippen LogP contribution < -0.4 is 5.32 Å². The van der Waals surface area contributed by atoms with Crippen molar-refractivity contribution in [2.45, 2.75) is 32.9 Å². The summed E-state index contributed by atoms with van der Waals surface area (Å²) in [6.45, 7) is 6.59. The molecule has 0 radical (unpaired) electrons. The van der Waals surface area contributed by atoms with Crippen molar-refractivity contribution in [3.63, 3.8) is 0 Å². The number of carbonyl (C=O) groups is 1. The smallest absolute Gasteiger partial charge is 0.318 e. The van der Waals surface area contributed by atoms with Gasteiger partial charge in [0.2, 0.25) is 0 Å². The number of amides is 2. The van der Waals surface area contributed by atoms with Crippen LogP contribution >= 0.6 is 0 Å². The summed E-state index contributed by atoms with van der Waals surface area (Å²) in [4.78, 5) is 15.3. The van der Waals surface area contributed by atoms with E-state index in [0.717, 1.165) is 28.9 Å². The van der Waals surface area contributed by atoms with Gasteiger partial charge in [-0.1, -0.05) is 42.5 Å². The second kappa shape index (κ2) is 9.18. The second-order valence-corrected chi connectivity index (χ2v) is 7.60. The number of aryl methyl sites for hydroxylation is 1. The van der Waals surface area contributed by atoms with Gasteiger partial charge in [-0.05, 0) is 55.2 Å². The summed E-state index contributed by atoms with van der Waals surface area (Å²) in [6, 6.07) is 20.6. The van der Waals surface area contributed by atoms with Crippen molar-refractivity contribution in [3.8, 4) is 5.69 Å². The highest BCUT2D eigenvalue weighted by Gasteiger charge is 2.33. The average molecular weight is 404 g/mol. The minimum Gasteiger partial charge on any atom is -0.382 e. The molecule has 0 aliphatic carbocycles. The number of nitrogens with zero attached hydrogens (tertiary/aromatic N) is 2. The van der Waals surface area contributed by atoms with Gasteiger partial charge in [-0.15, -0.1) is 0 Å². The Morgan fingerprint density at radius 1 is 1.10 bits per heavy atom. The lowest BCUT2D eigenvalue weighted by Gasteiger charge is -2.32. The number of benzene rings is 2. The average Bonchev–Trinajstić information content (AvgIpc) is 3.19. The molecular weight excluding hydrogens is 374 g/mol. The number of aromatic nitrogens is 1. The van der Waals surface area contributed by atoms with Crippen molar-refractivity contribution in [2.75, 3.05) is 19.8 Å². The topological polar surface area (TPSA) is 46.5 Å². The molecule has 0 bridgehead atoms. The largest absolute Gasteiger partial charge is 0.382 e. The Balaban J connectivity index is 1.73. The number of nitrogens with one attached hydrogen (secondary N) is 1. The molecule has 2 aromatic carbocycles. The van der Waals surface area contributed by atoms with Crippen molar-refractivity contribution < 1.29 is 9.53 Å². The van der Waals surface area contributed by atoms with Gasteiger partial charge in [0.1, 0.15) is 6.04 Å². The second-order valence-electron chi connectivity index (χ2n) is 7.60. The Labute approximate surface area is 178 Å². The quantitative estimate of drug-likeness (QED) is 0.600. The minimum atomic E-state index is -0.166. The molecule has 1 aliphatic rings. The van der Waals surface area contributed by atoms with Crippen LogP contribution in [0.2, 0.25) is 0 Å². The fraction of sp³-hybridized carbons (Fsp3) is 0.320. The van der Waals surface area contributed by atoms with E-state index in [1.165, 1.54) is 5.56 Å². The molecule has 1 atom stereocenters. The molecule has 3 aromatic rings. The molecule has 0 saturated heterocycles. The molecule has 30 heavy (non-hydrogen) atoms. The molecule has 1 N–H and O–H groups in total. The maximum absolute atomic E-state index is 13.4. The van der Waals surface area contributed by atoms with Gasteiger partial charge in [0, 0.05) is 31.6 Å². The fourth-order valence-corrected chi connectivity index (χ4v) is 4.18. The predicted octanol–water partition coefficient (Wildman–Crippen LogP) is 4.83. The standard InChI is InChI=1S/C25H29N3O2/c1-3-30-17-9-15-26-25(29)28-18-20-11-5-7-13-22(20)27-16-8-14-23(27)24(28)21-12-6-4-10-19(21)2/h4-8,10-14,16,24H,3,9,15,17-18H2,1-2H3,(H,26,29). The molecule has 1 unspecified atom stereocenters. The first-order chi connectivity index (χ1) is 14.7. The van der Waals surface area contributed by atoms with Crippen LogP contribution in [0.3, 0.4) is 0 Å². The zero-order valence-corrected chi connectivity index (χ0v) is 17.7. The van der Waals surface area contributed by atoms with E-state index in [2.05, 4.69) is 65.5 Å². The van der Waals surface area contributed by atoms with Crippen molar-refractivity contribution in [1.29, 1.82) is 0 Å². The number of hydrogen-bond donors (Lipinski definition) is 1. The van der Waals surface area contributed by atoms with Gasteiger partial charge in [0.05, 0.1) is 12.2 Å². The molecule has 2 heterocycles. The van der Waals surface area contributed by atoms with Gasteiger partial charge in [-0.25, -0.2) is 4.79 Å². The fourth-order valence-electron chi connectivity index (χ4n) is 4.18. The lowest BCUT2D eigenvalue weighted by Crippen LogP contribution is -2.42. The van der Waals surface area contributed by atoms with Crippen molar-refractivity contribution in [2.24, 2.45) is 0 Å². The van der Waals surface area contributed by atoms with Crippen LogP contribution in [0.5, 0.6) is 0 Å². The number of hydrogen-bond acceptors (Lipinski definition) is 2. The van der Waals surface area contributed by atoms with E-state index in [4.69, 9.17) is 4.74 Å². The first kappa shape index (κ1) is 20.2. The Bertz CT molecular complexity index is 1010. The van der Waals surface area contributed by atoms with Crippen molar-refractivity contribution in [3.05, 3.63) is 89.2 Å². The Hall–Kier alpha value is -3.05. The maximum atomic E-state index is 13.4. The lowest BCUT2D eigenvalue weighted by atomic mass is 9.97. The molecule has 2 amide bonds. The van der Waals surface area contributed by atoms with E-state index < -0.39 is 0 Å². The van der Waals surface area contributed by atoms with Gasteiger partial charge in [-0.2, -0.15) is 0 Å².